The van der Waals surface area contributed by atoms with Crippen LogP contribution in [0.1, 0.15) is 38.8 Å². The molecule has 0 atom stereocenters. The van der Waals surface area contributed by atoms with E-state index in [0.717, 1.165) is 64.3 Å². The average Bonchev–Trinajstić information content (AvgIpc) is 3.37. The van der Waals surface area contributed by atoms with Crippen molar-refractivity contribution in [2.75, 3.05) is 63.1 Å². The Balaban J connectivity index is 1.11. The van der Waals surface area contributed by atoms with Gasteiger partial charge in [-0.3, -0.25) is 14.5 Å². The molecule has 254 valence electrons. The maximum atomic E-state index is 13.3. The second-order valence-electron chi connectivity index (χ2n) is 13.0. The average molecular weight is 656 g/mol. The smallest absolute Gasteiger partial charge is 0.306 e. The molecular formula is C35H45N9O4. The van der Waals surface area contributed by atoms with E-state index < -0.39 is 5.60 Å². The largest absolute Gasteiger partial charge is 0.469 e. The predicted octanol–water partition coefficient (Wildman–Crippen LogP) is 3.28. The highest BCUT2D eigenvalue weighted by Crippen LogP contribution is 2.25. The number of carbonyl (C=O) groups is 1. The lowest BCUT2D eigenvalue weighted by Gasteiger charge is -2.43. The summed E-state index contributed by atoms with van der Waals surface area (Å²) in [6, 6.07) is 14.2. The molecular weight excluding hydrogens is 610 g/mol. The summed E-state index contributed by atoms with van der Waals surface area (Å²) in [5, 5.41) is 14.2. The topological polar surface area (TPSA) is 134 Å². The zero-order chi connectivity index (χ0) is 33.8. The zero-order valence-corrected chi connectivity index (χ0v) is 28.0. The van der Waals surface area contributed by atoms with Crippen molar-refractivity contribution in [3.8, 4) is 5.82 Å². The van der Waals surface area contributed by atoms with Gasteiger partial charge in [0.05, 0.1) is 25.8 Å². The van der Waals surface area contributed by atoms with Crippen LogP contribution in [-0.2, 0) is 21.7 Å². The summed E-state index contributed by atoms with van der Waals surface area (Å²) < 4.78 is 7.95. The monoisotopic (exact) mass is 655 g/mol. The number of nitrogens with zero attached hydrogens (tertiary/aromatic N) is 8. The molecule has 0 unspecified atom stereocenters. The molecule has 5 heterocycles. The van der Waals surface area contributed by atoms with Crippen molar-refractivity contribution in [1.29, 1.82) is 0 Å². The number of likely N-dealkylation sites (tertiary alicyclic amines) is 1. The molecule has 2 saturated heterocycles. The van der Waals surface area contributed by atoms with Gasteiger partial charge in [-0.05, 0) is 76.2 Å². The van der Waals surface area contributed by atoms with E-state index in [1.807, 2.05) is 12.1 Å². The number of aromatic nitrogens is 5. The van der Waals surface area contributed by atoms with Crippen LogP contribution in [-0.4, -0.2) is 104 Å². The molecule has 13 heteroatoms. The summed E-state index contributed by atoms with van der Waals surface area (Å²) in [5.41, 5.74) is 1.47. The normalized spacial score (nSPS) is 16.7. The lowest BCUT2D eigenvalue weighted by molar-refractivity contribution is -0.141. The molecule has 6 rings (SSSR count). The number of rotatable bonds is 11. The number of hydrogen-bond donors (Lipinski definition) is 2. The van der Waals surface area contributed by atoms with Gasteiger partial charge in [0.2, 0.25) is 5.95 Å². The van der Waals surface area contributed by atoms with Crippen molar-refractivity contribution >= 4 is 34.3 Å². The molecule has 0 radical (unpaired) electrons. The number of esters is 1. The lowest BCUT2D eigenvalue weighted by Crippen LogP contribution is -2.53. The number of piperidine rings is 1. The van der Waals surface area contributed by atoms with Gasteiger partial charge in [0, 0.05) is 56.3 Å². The Morgan fingerprint density at radius 3 is 2.46 bits per heavy atom. The Morgan fingerprint density at radius 2 is 1.79 bits per heavy atom. The van der Waals surface area contributed by atoms with Gasteiger partial charge in [0.1, 0.15) is 11.0 Å². The van der Waals surface area contributed by atoms with Crippen LogP contribution < -0.4 is 15.8 Å². The molecule has 2 fully saturated rings. The number of hydrogen-bond acceptors (Lipinski definition) is 11. The van der Waals surface area contributed by atoms with Gasteiger partial charge in [0.25, 0.3) is 5.56 Å². The summed E-state index contributed by atoms with van der Waals surface area (Å²) in [6.45, 7) is 14.2. The summed E-state index contributed by atoms with van der Waals surface area (Å²) in [7, 11) is 1.45. The van der Waals surface area contributed by atoms with Crippen molar-refractivity contribution in [2.45, 2.75) is 51.3 Å². The van der Waals surface area contributed by atoms with E-state index in [4.69, 9.17) is 9.72 Å². The molecule has 0 aliphatic carbocycles. The van der Waals surface area contributed by atoms with Crippen LogP contribution >= 0.6 is 0 Å². The van der Waals surface area contributed by atoms with Crippen molar-refractivity contribution in [3.05, 3.63) is 77.4 Å². The van der Waals surface area contributed by atoms with Gasteiger partial charge >= 0.3 is 5.97 Å². The number of carbonyl (C=O) groups excluding carboxylic acids is 1. The Hall–Kier alpha value is -4.59. The molecule has 2 N–H and O–H groups in total. The number of fused-ring (bicyclic) bond motifs is 1. The number of piperazine rings is 1. The molecule has 48 heavy (non-hydrogen) atoms. The molecule has 0 bridgehead atoms. The third-order valence-electron chi connectivity index (χ3n) is 9.29. The second-order valence-corrected chi connectivity index (χ2v) is 13.0. The lowest BCUT2D eigenvalue weighted by atomic mass is 10.0. The molecule has 4 aromatic rings. The molecule has 0 saturated carbocycles. The Labute approximate surface area is 280 Å². The van der Waals surface area contributed by atoms with E-state index in [1.54, 1.807) is 42.8 Å². The van der Waals surface area contributed by atoms with Crippen molar-refractivity contribution in [3.63, 3.8) is 0 Å². The van der Waals surface area contributed by atoms with Crippen LogP contribution in [0.2, 0.25) is 0 Å². The molecule has 2 aliphatic rings. The Kier molecular flexibility index (Phi) is 9.90. The highest BCUT2D eigenvalue weighted by molar-refractivity contribution is 5.77. The number of pyridine rings is 1. The van der Waals surface area contributed by atoms with Gasteiger partial charge in [-0.1, -0.05) is 12.1 Å². The first-order valence-corrected chi connectivity index (χ1v) is 16.6. The SMILES string of the molecule is C=CCn1c(=O)c2cnc(Nc3ccc(N4CCN(C5CCN(CCC(=O)OC)CC5)CC4)cc3)nc2n1-c1cccc(C(C)(C)O)n1. The van der Waals surface area contributed by atoms with Crippen LogP contribution in [0.4, 0.5) is 17.3 Å². The number of allylic oxidation sites excluding steroid dienone is 1. The van der Waals surface area contributed by atoms with Crippen LogP contribution in [0.3, 0.4) is 0 Å². The third kappa shape index (κ3) is 7.28. The number of nitrogens with one attached hydrogen (secondary N) is 1. The fourth-order valence-corrected chi connectivity index (χ4v) is 6.58. The maximum Gasteiger partial charge on any atom is 0.306 e. The van der Waals surface area contributed by atoms with Gasteiger partial charge < -0.3 is 25.0 Å². The molecule has 13 nitrogen and oxygen atoms in total. The van der Waals surface area contributed by atoms with Crippen LogP contribution in [0, 0.1) is 0 Å². The summed E-state index contributed by atoms with van der Waals surface area (Å²) in [4.78, 5) is 46.1. The number of anilines is 3. The highest BCUT2D eigenvalue weighted by atomic mass is 16.5. The first kappa shape index (κ1) is 33.3. The molecule has 0 amide bonds. The quantitative estimate of drug-likeness (QED) is 0.182. The van der Waals surface area contributed by atoms with E-state index in [-0.39, 0.29) is 18.1 Å². The Morgan fingerprint density at radius 1 is 1.06 bits per heavy atom. The van der Waals surface area contributed by atoms with E-state index >= 15 is 0 Å². The minimum Gasteiger partial charge on any atom is -0.469 e. The zero-order valence-electron chi connectivity index (χ0n) is 28.0. The summed E-state index contributed by atoms with van der Waals surface area (Å²) in [6.07, 6.45) is 5.90. The minimum atomic E-state index is -1.16. The number of methoxy groups -OCH3 is 1. The van der Waals surface area contributed by atoms with Gasteiger partial charge in [0.15, 0.2) is 11.5 Å². The first-order chi connectivity index (χ1) is 23.1. The van der Waals surface area contributed by atoms with Crippen molar-refractivity contribution < 1.29 is 14.6 Å². The number of ether oxygens (including phenoxy) is 1. The maximum absolute atomic E-state index is 13.3. The van der Waals surface area contributed by atoms with Crippen LogP contribution in [0.15, 0.2) is 66.1 Å². The van der Waals surface area contributed by atoms with E-state index in [0.29, 0.717) is 41.0 Å². The number of benzene rings is 1. The van der Waals surface area contributed by atoms with Crippen molar-refractivity contribution in [2.24, 2.45) is 0 Å². The van der Waals surface area contributed by atoms with Crippen LogP contribution in [0.25, 0.3) is 16.9 Å². The second kappa shape index (κ2) is 14.3. The highest BCUT2D eigenvalue weighted by Gasteiger charge is 2.28. The molecule has 1 aromatic carbocycles. The third-order valence-corrected chi connectivity index (χ3v) is 9.29. The van der Waals surface area contributed by atoms with E-state index in [9.17, 15) is 14.7 Å². The first-order valence-electron chi connectivity index (χ1n) is 16.6. The molecule has 3 aromatic heterocycles. The molecule has 0 spiro atoms. The minimum absolute atomic E-state index is 0.141. The predicted molar refractivity (Wildman–Crippen MR) is 186 cm³/mol. The van der Waals surface area contributed by atoms with Gasteiger partial charge in [-0.25, -0.2) is 19.3 Å². The summed E-state index contributed by atoms with van der Waals surface area (Å²) >= 11 is 0. The summed E-state index contributed by atoms with van der Waals surface area (Å²) in [5.74, 6) is 0.667. The van der Waals surface area contributed by atoms with Gasteiger partial charge in [-0.2, -0.15) is 4.98 Å². The number of aliphatic hydroxyl groups is 1. The van der Waals surface area contributed by atoms with E-state index in [2.05, 4.69) is 48.7 Å². The van der Waals surface area contributed by atoms with Gasteiger partial charge in [-0.15, -0.1) is 6.58 Å². The standard InChI is InChI=1S/C35H45N9O4/c1-5-16-43-33(46)28-24-36-34(39-32(28)44(43)30-8-6-7-29(38-30)35(2,3)47)37-25-9-11-26(12-10-25)41-20-22-42(23-21-41)27-13-17-40(18-14-27)19-15-31(45)48-4/h5-12,24,27,47H,1,13-23H2,2-4H3,(H,36,37,39). The fraction of sp³-hybridized carbons (Fsp3) is 0.457. The van der Waals surface area contributed by atoms with Crippen molar-refractivity contribution in [1.82, 2.24) is 34.1 Å². The molecule has 2 aliphatic heterocycles. The van der Waals surface area contributed by atoms with E-state index in [1.165, 1.54) is 23.7 Å². The Bertz CT molecular complexity index is 1800. The fourth-order valence-electron chi connectivity index (χ4n) is 6.58. The van der Waals surface area contributed by atoms with Crippen LogP contribution in [0.5, 0.6) is 0 Å².